The Morgan fingerprint density at radius 1 is 1.26 bits per heavy atom. The van der Waals surface area contributed by atoms with Crippen molar-refractivity contribution in [3.05, 3.63) is 45.4 Å². The van der Waals surface area contributed by atoms with Gasteiger partial charge in [-0.1, -0.05) is 0 Å². The Morgan fingerprint density at radius 2 is 1.94 bits per heavy atom. The topological polar surface area (TPSA) is 236 Å². The lowest BCUT2D eigenvalue weighted by atomic mass is 10.1. The zero-order chi connectivity index (χ0) is 25.7. The number of hydrogen-bond acceptors (Lipinski definition) is 10. The number of H-pyrrole nitrogens is 1. The third-order valence-electron chi connectivity index (χ3n) is 5.07. The molecule has 3 rings (SSSR count). The van der Waals surface area contributed by atoms with Crippen LogP contribution in [0.4, 0.5) is 23.1 Å². The number of anilines is 3. The SMILES string of the molecule is Nc1nc2c(c(=O)[nH]1)N=C(CN(C=O)c1ccc(C(=O)[NH+]([O-])[C@@H](CCC(=O)O)C(=O)O)cc1)CN2. The predicted octanol–water partition coefficient (Wildman–Crippen LogP) is -1.65. The number of carbonyl (C=O) groups excluding carboxylic acids is 2. The molecular formula is C20H21N7O8. The summed E-state index contributed by atoms with van der Waals surface area (Å²) in [5, 5.41) is 31.9. The Hall–Kier alpha value is -4.63. The third kappa shape index (κ3) is 5.84. The Bertz CT molecular complexity index is 1240. The quantitative estimate of drug-likeness (QED) is 0.164. The number of nitrogens with zero attached hydrogens (tertiary/aromatic N) is 3. The monoisotopic (exact) mass is 487 g/mol. The third-order valence-corrected chi connectivity index (χ3v) is 5.07. The first-order chi connectivity index (χ1) is 16.6. The molecular weight excluding hydrogens is 466 g/mol. The average Bonchev–Trinajstić information content (AvgIpc) is 2.82. The number of nitrogen functional groups attached to an aromatic ring is 1. The summed E-state index contributed by atoms with van der Waals surface area (Å²) in [6.07, 6.45) is -0.587. The van der Waals surface area contributed by atoms with E-state index in [0.717, 1.165) is 0 Å². The van der Waals surface area contributed by atoms with E-state index in [1.54, 1.807) is 0 Å². The lowest BCUT2D eigenvalue weighted by Crippen LogP contribution is -3.15. The van der Waals surface area contributed by atoms with Gasteiger partial charge in [0.1, 0.15) is 0 Å². The first-order valence-electron chi connectivity index (χ1n) is 10.2. The number of carbonyl (C=O) groups is 4. The van der Waals surface area contributed by atoms with Crippen molar-refractivity contribution in [2.45, 2.75) is 18.9 Å². The van der Waals surface area contributed by atoms with Crippen molar-refractivity contribution in [3.63, 3.8) is 0 Å². The van der Waals surface area contributed by atoms with Gasteiger partial charge in [0.15, 0.2) is 17.5 Å². The van der Waals surface area contributed by atoms with Gasteiger partial charge < -0.3 is 31.4 Å². The second-order valence-corrected chi connectivity index (χ2v) is 7.48. The lowest BCUT2D eigenvalue weighted by Gasteiger charge is -2.26. The molecule has 184 valence electrons. The highest BCUT2D eigenvalue weighted by molar-refractivity contribution is 6.00. The van der Waals surface area contributed by atoms with E-state index in [9.17, 15) is 34.3 Å². The molecule has 2 aromatic rings. The Morgan fingerprint density at radius 3 is 2.54 bits per heavy atom. The van der Waals surface area contributed by atoms with Crippen molar-refractivity contribution in [1.29, 1.82) is 0 Å². The van der Waals surface area contributed by atoms with Gasteiger partial charge in [-0.15, -0.1) is 0 Å². The first kappa shape index (κ1) is 25.0. The highest BCUT2D eigenvalue weighted by Gasteiger charge is 2.31. The van der Waals surface area contributed by atoms with Crippen LogP contribution in [-0.4, -0.2) is 69.3 Å². The molecule has 7 N–H and O–H groups in total. The van der Waals surface area contributed by atoms with Crippen LogP contribution in [0.25, 0.3) is 0 Å². The molecule has 2 atom stereocenters. The van der Waals surface area contributed by atoms with Crippen LogP contribution in [0.5, 0.6) is 0 Å². The van der Waals surface area contributed by atoms with Gasteiger partial charge in [-0.25, -0.2) is 14.6 Å². The molecule has 0 aliphatic carbocycles. The summed E-state index contributed by atoms with van der Waals surface area (Å²) in [5.41, 5.74) is 5.61. The number of hydrogen-bond donors (Lipinski definition) is 6. The number of quaternary nitrogens is 1. The van der Waals surface area contributed by atoms with Crippen molar-refractivity contribution < 1.29 is 34.5 Å². The fourth-order valence-electron chi connectivity index (χ4n) is 3.31. The van der Waals surface area contributed by atoms with E-state index in [4.69, 9.17) is 10.8 Å². The van der Waals surface area contributed by atoms with Crippen LogP contribution in [0.3, 0.4) is 0 Å². The molecule has 1 aromatic carbocycles. The molecule has 0 radical (unpaired) electrons. The fraction of sp³-hybridized carbons (Fsp3) is 0.250. The molecule has 1 aromatic heterocycles. The number of rotatable bonds is 10. The maximum Gasteiger partial charge on any atom is 0.363 e. The zero-order valence-corrected chi connectivity index (χ0v) is 18.1. The molecule has 35 heavy (non-hydrogen) atoms. The van der Waals surface area contributed by atoms with Crippen molar-refractivity contribution >= 4 is 53.1 Å². The van der Waals surface area contributed by atoms with Crippen LogP contribution in [0.1, 0.15) is 23.2 Å². The van der Waals surface area contributed by atoms with E-state index >= 15 is 0 Å². The van der Waals surface area contributed by atoms with E-state index in [1.165, 1.54) is 29.2 Å². The molecule has 0 saturated heterocycles. The van der Waals surface area contributed by atoms with Crippen LogP contribution in [0, 0.1) is 5.21 Å². The van der Waals surface area contributed by atoms with Crippen molar-refractivity contribution in [1.82, 2.24) is 9.97 Å². The minimum atomic E-state index is -1.78. The number of carboxylic acid groups (broad SMARTS) is 2. The molecule has 0 spiro atoms. The maximum atomic E-state index is 12.5. The second kappa shape index (κ2) is 10.5. The molecule has 1 aliphatic rings. The van der Waals surface area contributed by atoms with Gasteiger partial charge in [0, 0.05) is 12.1 Å². The zero-order valence-electron chi connectivity index (χ0n) is 18.1. The highest BCUT2D eigenvalue weighted by Crippen LogP contribution is 2.22. The number of aliphatic carboxylic acids is 2. The molecule has 15 heteroatoms. The van der Waals surface area contributed by atoms with Crippen molar-refractivity contribution in [2.75, 3.05) is 29.0 Å². The van der Waals surface area contributed by atoms with E-state index in [0.29, 0.717) is 17.8 Å². The van der Waals surface area contributed by atoms with Crippen LogP contribution < -0.4 is 26.6 Å². The van der Waals surface area contributed by atoms with Gasteiger partial charge in [0.25, 0.3) is 5.56 Å². The fourth-order valence-corrected chi connectivity index (χ4v) is 3.31. The standard InChI is InChI=1S/C20H21N7O8/c21-20-24-16-15(17(31)25-20)23-11(7-22-16)8-26(9-28)12-3-1-10(2-4-12)18(32)27(35)13(19(33)34)5-6-14(29)30/h1-4,9,13,27H,5-8H2,(H,29,30)(H,33,34)(H4,21,22,24,25,31)/t13-/m0/s1. The van der Waals surface area contributed by atoms with Crippen LogP contribution in [-0.2, 0) is 14.4 Å². The van der Waals surface area contributed by atoms with Crippen LogP contribution in [0.15, 0.2) is 34.1 Å². The van der Waals surface area contributed by atoms with Crippen molar-refractivity contribution in [3.8, 4) is 0 Å². The molecule has 1 unspecified atom stereocenters. The van der Waals surface area contributed by atoms with Gasteiger partial charge in [-0.05, 0) is 24.3 Å². The maximum absolute atomic E-state index is 12.5. The molecule has 15 nitrogen and oxygen atoms in total. The predicted molar refractivity (Wildman–Crippen MR) is 122 cm³/mol. The number of carboxylic acids is 2. The summed E-state index contributed by atoms with van der Waals surface area (Å²) in [6, 6.07) is 3.47. The number of benzene rings is 1. The number of aromatic nitrogens is 2. The molecule has 0 saturated carbocycles. The molecule has 1 aliphatic heterocycles. The molecule has 2 heterocycles. The summed E-state index contributed by atoms with van der Waals surface area (Å²) < 4.78 is 0. The van der Waals surface area contributed by atoms with Gasteiger partial charge in [0.05, 0.1) is 30.8 Å². The first-order valence-corrected chi connectivity index (χ1v) is 10.2. The summed E-state index contributed by atoms with van der Waals surface area (Å²) in [7, 11) is 0. The van der Waals surface area contributed by atoms with Gasteiger partial charge in [-0.2, -0.15) is 4.98 Å². The lowest BCUT2D eigenvalue weighted by molar-refractivity contribution is -0.778. The summed E-state index contributed by atoms with van der Waals surface area (Å²) in [6.45, 7) is 0.174. The van der Waals surface area contributed by atoms with Gasteiger partial charge in [-0.3, -0.25) is 24.4 Å². The molecule has 0 bridgehead atoms. The van der Waals surface area contributed by atoms with E-state index in [2.05, 4.69) is 20.3 Å². The summed E-state index contributed by atoms with van der Waals surface area (Å²) >= 11 is 0. The Labute approximate surface area is 196 Å². The van der Waals surface area contributed by atoms with Gasteiger partial charge in [0.2, 0.25) is 12.4 Å². The van der Waals surface area contributed by atoms with Gasteiger partial charge >= 0.3 is 17.8 Å². The van der Waals surface area contributed by atoms with E-state index in [-0.39, 0.29) is 36.1 Å². The number of amides is 2. The number of fused-ring (bicyclic) bond motifs is 1. The van der Waals surface area contributed by atoms with Crippen molar-refractivity contribution in [2.24, 2.45) is 4.99 Å². The highest BCUT2D eigenvalue weighted by atomic mass is 16.5. The smallest absolute Gasteiger partial charge is 0.363 e. The number of hydroxylamine groups is 2. The molecule has 0 fully saturated rings. The average molecular weight is 487 g/mol. The summed E-state index contributed by atoms with van der Waals surface area (Å²) in [4.78, 5) is 69.9. The van der Waals surface area contributed by atoms with Crippen LogP contribution >= 0.6 is 0 Å². The summed E-state index contributed by atoms with van der Waals surface area (Å²) in [5.74, 6) is -3.83. The minimum Gasteiger partial charge on any atom is -0.626 e. The largest absolute Gasteiger partial charge is 0.626 e. The number of nitrogens with two attached hydrogens (primary N) is 1. The second-order valence-electron chi connectivity index (χ2n) is 7.48. The van der Waals surface area contributed by atoms with E-state index in [1.807, 2.05) is 0 Å². The minimum absolute atomic E-state index is 0.0117. The molecule has 2 amide bonds. The Balaban J connectivity index is 1.74. The number of nitrogens with one attached hydrogen (secondary N) is 3. The number of aromatic amines is 1. The normalized spacial score (nSPS) is 14.0. The number of aliphatic imine (C=N–C) groups is 1. The Kier molecular flexibility index (Phi) is 7.53. The van der Waals surface area contributed by atoms with E-state index < -0.39 is 47.4 Å². The van der Waals surface area contributed by atoms with Crippen LogP contribution in [0.2, 0.25) is 0 Å².